The van der Waals surface area contributed by atoms with Crippen molar-refractivity contribution in [1.82, 2.24) is 15.6 Å². The molecule has 1 saturated heterocycles. The summed E-state index contributed by atoms with van der Waals surface area (Å²) in [5.41, 5.74) is 5.50. The minimum absolute atomic E-state index is 0.0717. The Labute approximate surface area is 214 Å². The van der Waals surface area contributed by atoms with Crippen LogP contribution in [0.4, 0.5) is 5.69 Å². The Hall–Kier alpha value is -3.23. The van der Waals surface area contributed by atoms with E-state index in [0.29, 0.717) is 31.7 Å². The van der Waals surface area contributed by atoms with Crippen LogP contribution in [0.2, 0.25) is 0 Å². The lowest BCUT2D eigenvalue weighted by Crippen LogP contribution is -2.50. The van der Waals surface area contributed by atoms with Crippen LogP contribution < -0.4 is 15.6 Å². The third-order valence-corrected chi connectivity index (χ3v) is 6.43. The Bertz CT molecular complexity index is 955. The van der Waals surface area contributed by atoms with E-state index >= 15 is 0 Å². The maximum absolute atomic E-state index is 13.0. The zero-order valence-electron chi connectivity index (χ0n) is 21.5. The molecule has 36 heavy (non-hydrogen) atoms. The molecule has 1 heterocycles. The van der Waals surface area contributed by atoms with Gasteiger partial charge in [0.1, 0.15) is 0 Å². The normalized spacial score (nSPS) is 14.9. The van der Waals surface area contributed by atoms with Crippen molar-refractivity contribution in [2.75, 3.05) is 50.8 Å². The number of nitrogens with one attached hydrogen (secondary N) is 2. The molecule has 1 fully saturated rings. The first-order valence-corrected chi connectivity index (χ1v) is 12.9. The van der Waals surface area contributed by atoms with Crippen molar-refractivity contribution in [3.8, 4) is 0 Å². The number of unbranched alkanes of at least 4 members (excludes halogenated alkanes) is 1. The molecule has 0 radical (unpaired) electrons. The Balaban J connectivity index is 1.48. The number of carbonyl (C=O) groups excluding carboxylic acids is 2. The molecule has 1 unspecified atom stereocenters. The van der Waals surface area contributed by atoms with Gasteiger partial charge in [-0.3, -0.25) is 14.5 Å². The summed E-state index contributed by atoms with van der Waals surface area (Å²) in [5.74, 6) is -0.182. The third-order valence-electron chi connectivity index (χ3n) is 6.43. The average Bonchev–Trinajstić information content (AvgIpc) is 2.93. The van der Waals surface area contributed by atoms with E-state index in [1.807, 2.05) is 30.3 Å². The van der Waals surface area contributed by atoms with Gasteiger partial charge in [0.2, 0.25) is 0 Å². The summed E-state index contributed by atoms with van der Waals surface area (Å²) in [6.45, 7) is 9.47. The standard InChI is InChI=1S/C28H39N5O3/c1-3-32(4-2)25-15-13-23(14-16-25)22-30-31-28(35)26(33-18-20-36-21-19-33)12-8-9-17-29-27(34)24-10-6-5-7-11-24/h5-7,10-11,13-16,22,26H,3-4,8-9,12,17-21H2,1-2H3,(H,29,34)(H,31,35)/b30-22+. The van der Waals surface area contributed by atoms with Gasteiger partial charge in [-0.2, -0.15) is 5.10 Å². The zero-order valence-corrected chi connectivity index (χ0v) is 21.5. The highest BCUT2D eigenvalue weighted by molar-refractivity contribution is 5.94. The van der Waals surface area contributed by atoms with E-state index in [1.54, 1.807) is 18.3 Å². The van der Waals surface area contributed by atoms with Crippen LogP contribution in [0, 0.1) is 0 Å². The second kappa shape index (κ2) is 15.0. The minimum atomic E-state index is -0.277. The molecule has 2 aromatic carbocycles. The van der Waals surface area contributed by atoms with Gasteiger partial charge in [-0.05, 0) is 62.9 Å². The molecule has 2 N–H and O–H groups in total. The lowest BCUT2D eigenvalue weighted by molar-refractivity contribution is -0.128. The molecule has 0 spiro atoms. The van der Waals surface area contributed by atoms with Gasteiger partial charge in [-0.25, -0.2) is 5.43 Å². The van der Waals surface area contributed by atoms with Crippen molar-refractivity contribution in [2.24, 2.45) is 5.10 Å². The van der Waals surface area contributed by atoms with E-state index in [2.05, 4.69) is 51.6 Å². The lowest BCUT2D eigenvalue weighted by atomic mass is 10.1. The van der Waals surface area contributed by atoms with E-state index in [9.17, 15) is 9.59 Å². The van der Waals surface area contributed by atoms with Gasteiger partial charge in [0.25, 0.3) is 11.8 Å². The number of rotatable bonds is 13. The van der Waals surface area contributed by atoms with E-state index < -0.39 is 0 Å². The highest BCUT2D eigenvalue weighted by atomic mass is 16.5. The third kappa shape index (κ3) is 8.46. The second-order valence-corrected chi connectivity index (χ2v) is 8.78. The summed E-state index contributed by atoms with van der Waals surface area (Å²) in [6, 6.07) is 17.1. The maximum atomic E-state index is 13.0. The Kier molecular flexibility index (Phi) is 11.4. The molecule has 2 aromatic rings. The monoisotopic (exact) mass is 493 g/mol. The largest absolute Gasteiger partial charge is 0.379 e. The van der Waals surface area contributed by atoms with Gasteiger partial charge in [0.15, 0.2) is 0 Å². The van der Waals surface area contributed by atoms with Crippen molar-refractivity contribution >= 4 is 23.7 Å². The summed E-state index contributed by atoms with van der Waals surface area (Å²) in [5, 5.41) is 7.17. The van der Waals surface area contributed by atoms with Gasteiger partial charge >= 0.3 is 0 Å². The van der Waals surface area contributed by atoms with Crippen LogP contribution in [-0.4, -0.2) is 74.9 Å². The Morgan fingerprint density at radius 3 is 2.39 bits per heavy atom. The molecule has 3 rings (SSSR count). The lowest BCUT2D eigenvalue weighted by Gasteiger charge is -2.33. The molecule has 1 atom stereocenters. The zero-order chi connectivity index (χ0) is 25.6. The summed E-state index contributed by atoms with van der Waals surface area (Å²) in [4.78, 5) is 29.7. The quantitative estimate of drug-likeness (QED) is 0.254. The van der Waals surface area contributed by atoms with E-state index in [4.69, 9.17) is 4.74 Å². The smallest absolute Gasteiger partial charge is 0.257 e. The number of hydrogen-bond acceptors (Lipinski definition) is 6. The molecule has 1 aliphatic rings. The molecular formula is C28H39N5O3. The van der Waals surface area contributed by atoms with Crippen molar-refractivity contribution in [2.45, 2.75) is 39.2 Å². The fourth-order valence-electron chi connectivity index (χ4n) is 4.33. The fourth-order valence-corrected chi connectivity index (χ4v) is 4.33. The second-order valence-electron chi connectivity index (χ2n) is 8.78. The highest BCUT2D eigenvalue weighted by Crippen LogP contribution is 2.14. The van der Waals surface area contributed by atoms with E-state index in [0.717, 1.165) is 44.6 Å². The first-order chi connectivity index (χ1) is 17.6. The maximum Gasteiger partial charge on any atom is 0.257 e. The van der Waals surface area contributed by atoms with Gasteiger partial charge in [0, 0.05) is 44.0 Å². The van der Waals surface area contributed by atoms with Gasteiger partial charge in [-0.15, -0.1) is 0 Å². The van der Waals surface area contributed by atoms with Crippen molar-refractivity contribution < 1.29 is 14.3 Å². The molecule has 194 valence electrons. The minimum Gasteiger partial charge on any atom is -0.379 e. The van der Waals surface area contributed by atoms with Gasteiger partial charge in [-0.1, -0.05) is 30.3 Å². The first-order valence-electron chi connectivity index (χ1n) is 12.9. The van der Waals surface area contributed by atoms with Crippen LogP contribution >= 0.6 is 0 Å². The predicted octanol–water partition coefficient (Wildman–Crippen LogP) is 3.28. The molecule has 0 bridgehead atoms. The molecule has 2 amide bonds. The molecule has 0 aliphatic carbocycles. The Morgan fingerprint density at radius 1 is 1.03 bits per heavy atom. The molecule has 0 saturated carbocycles. The molecule has 1 aliphatic heterocycles. The SMILES string of the molecule is CCN(CC)c1ccc(/C=N/NC(=O)C(CCCCNC(=O)c2ccccc2)N2CCOCC2)cc1. The highest BCUT2D eigenvalue weighted by Gasteiger charge is 2.26. The number of hydrazone groups is 1. The van der Waals surface area contributed by atoms with Crippen molar-refractivity contribution in [3.05, 3.63) is 65.7 Å². The van der Waals surface area contributed by atoms with Gasteiger partial charge < -0.3 is 15.0 Å². The average molecular weight is 494 g/mol. The molecular weight excluding hydrogens is 454 g/mol. The van der Waals surface area contributed by atoms with Crippen LogP contribution in [-0.2, 0) is 9.53 Å². The summed E-state index contributed by atoms with van der Waals surface area (Å²) >= 11 is 0. The number of hydrogen-bond donors (Lipinski definition) is 2. The van der Waals surface area contributed by atoms with Crippen LogP contribution in [0.3, 0.4) is 0 Å². The van der Waals surface area contributed by atoms with Crippen LogP contribution in [0.15, 0.2) is 59.7 Å². The Morgan fingerprint density at radius 2 is 1.72 bits per heavy atom. The topological polar surface area (TPSA) is 86.3 Å². The number of anilines is 1. The number of morpholine rings is 1. The molecule has 8 heteroatoms. The van der Waals surface area contributed by atoms with Crippen molar-refractivity contribution in [1.29, 1.82) is 0 Å². The van der Waals surface area contributed by atoms with E-state index in [1.165, 1.54) is 5.69 Å². The number of nitrogens with zero attached hydrogens (tertiary/aromatic N) is 3. The molecule has 8 nitrogen and oxygen atoms in total. The number of carbonyl (C=O) groups is 2. The predicted molar refractivity (Wildman–Crippen MR) is 145 cm³/mol. The van der Waals surface area contributed by atoms with Crippen LogP contribution in [0.5, 0.6) is 0 Å². The first kappa shape index (κ1) is 27.4. The number of benzene rings is 2. The fraction of sp³-hybridized carbons (Fsp3) is 0.464. The van der Waals surface area contributed by atoms with Crippen LogP contribution in [0.1, 0.15) is 49.0 Å². The summed E-state index contributed by atoms with van der Waals surface area (Å²) in [6.07, 6.45) is 4.00. The van der Waals surface area contributed by atoms with Gasteiger partial charge in [0.05, 0.1) is 25.5 Å². The summed E-state index contributed by atoms with van der Waals surface area (Å²) in [7, 11) is 0. The van der Waals surface area contributed by atoms with Crippen molar-refractivity contribution in [3.63, 3.8) is 0 Å². The molecule has 0 aromatic heterocycles. The summed E-state index contributed by atoms with van der Waals surface area (Å²) < 4.78 is 5.47. The number of amides is 2. The van der Waals surface area contributed by atoms with Crippen LogP contribution in [0.25, 0.3) is 0 Å². The number of ether oxygens (including phenoxy) is 1. The van der Waals surface area contributed by atoms with E-state index in [-0.39, 0.29) is 17.9 Å².